The Morgan fingerprint density at radius 2 is 1.95 bits per heavy atom. The van der Waals surface area contributed by atoms with Gasteiger partial charge in [0.15, 0.2) is 5.79 Å². The van der Waals surface area contributed by atoms with Crippen molar-refractivity contribution in [2.24, 2.45) is 0 Å². The first-order valence-corrected chi connectivity index (χ1v) is 7.85. The fraction of sp³-hybridized carbons (Fsp3) is 0.933. The monoisotopic (exact) mass is 284 g/mol. The van der Waals surface area contributed by atoms with Gasteiger partial charge in [0, 0.05) is 32.5 Å². The van der Waals surface area contributed by atoms with Gasteiger partial charge >= 0.3 is 6.03 Å². The second kappa shape index (κ2) is 6.76. The summed E-state index contributed by atoms with van der Waals surface area (Å²) in [6, 6.07) is 0.148. The number of carbonyl (C=O) groups is 1. The number of ether oxygens (including phenoxy) is 2. The van der Waals surface area contributed by atoms with E-state index in [2.05, 4.69) is 5.32 Å². The molecule has 5 nitrogen and oxygen atoms in total. The largest absolute Gasteiger partial charge is 0.347 e. The molecule has 1 spiro atoms. The molecule has 1 aliphatic heterocycles. The van der Waals surface area contributed by atoms with E-state index in [0.717, 1.165) is 12.8 Å². The Labute approximate surface area is 122 Å². The molecule has 0 radical (unpaired) electrons. The molecule has 1 atom stereocenters. The van der Waals surface area contributed by atoms with Crippen molar-refractivity contribution in [2.45, 2.75) is 70.3 Å². The SMILES string of the molecule is CC(C)N(C)C(=O)NCC1COC2(CCCCCC2)O1. The predicted octanol–water partition coefficient (Wildman–Crippen LogP) is 2.50. The molecular formula is C15H28N2O3. The summed E-state index contributed by atoms with van der Waals surface area (Å²) in [6.45, 7) is 5.11. The molecule has 0 bridgehead atoms. The lowest BCUT2D eigenvalue weighted by molar-refractivity contribution is -0.175. The highest BCUT2D eigenvalue weighted by Gasteiger charge is 2.41. The number of nitrogens with zero attached hydrogens (tertiary/aromatic N) is 1. The Balaban J connectivity index is 1.77. The van der Waals surface area contributed by atoms with Crippen LogP contribution in [0.25, 0.3) is 0 Å². The maximum atomic E-state index is 11.9. The zero-order valence-electron chi connectivity index (χ0n) is 13.0. The fourth-order valence-electron chi connectivity index (χ4n) is 2.81. The van der Waals surface area contributed by atoms with Crippen molar-refractivity contribution < 1.29 is 14.3 Å². The second-order valence-electron chi connectivity index (χ2n) is 6.27. The third kappa shape index (κ3) is 3.85. The number of urea groups is 1. The maximum Gasteiger partial charge on any atom is 0.317 e. The molecule has 1 N–H and O–H groups in total. The molecule has 0 aromatic carbocycles. The zero-order chi connectivity index (χ0) is 14.6. The standard InChI is InChI=1S/C15H28N2O3/c1-12(2)17(3)14(18)16-10-13-11-19-15(20-13)8-6-4-5-7-9-15/h12-13H,4-11H2,1-3H3,(H,16,18). The first-order chi connectivity index (χ1) is 9.52. The highest BCUT2D eigenvalue weighted by Crippen LogP contribution is 2.36. The van der Waals surface area contributed by atoms with Crippen molar-refractivity contribution in [3.8, 4) is 0 Å². The van der Waals surface area contributed by atoms with Crippen LogP contribution in [0.4, 0.5) is 4.79 Å². The van der Waals surface area contributed by atoms with E-state index >= 15 is 0 Å². The highest BCUT2D eigenvalue weighted by molar-refractivity contribution is 5.74. The average Bonchev–Trinajstić information content (AvgIpc) is 2.67. The van der Waals surface area contributed by atoms with Gasteiger partial charge in [-0.2, -0.15) is 0 Å². The lowest BCUT2D eigenvalue weighted by Gasteiger charge is -2.27. The molecule has 2 fully saturated rings. The van der Waals surface area contributed by atoms with Gasteiger partial charge in [-0.3, -0.25) is 0 Å². The van der Waals surface area contributed by atoms with Gasteiger partial charge in [0.2, 0.25) is 0 Å². The Morgan fingerprint density at radius 3 is 2.55 bits per heavy atom. The Kier molecular flexibility index (Phi) is 5.27. The second-order valence-corrected chi connectivity index (χ2v) is 6.27. The van der Waals surface area contributed by atoms with Gasteiger partial charge in [-0.25, -0.2) is 4.79 Å². The van der Waals surface area contributed by atoms with E-state index in [1.807, 2.05) is 13.8 Å². The van der Waals surface area contributed by atoms with Gasteiger partial charge in [0.05, 0.1) is 6.61 Å². The average molecular weight is 284 g/mol. The van der Waals surface area contributed by atoms with Gasteiger partial charge in [-0.05, 0) is 26.7 Å². The summed E-state index contributed by atoms with van der Waals surface area (Å²) in [7, 11) is 1.80. The van der Waals surface area contributed by atoms with Crippen LogP contribution < -0.4 is 5.32 Å². The summed E-state index contributed by atoms with van der Waals surface area (Å²) in [6.07, 6.45) is 6.86. The van der Waals surface area contributed by atoms with Crippen molar-refractivity contribution in [1.29, 1.82) is 0 Å². The third-order valence-electron chi connectivity index (χ3n) is 4.35. The molecule has 1 aliphatic carbocycles. The molecule has 2 amide bonds. The number of carbonyl (C=O) groups excluding carboxylic acids is 1. The summed E-state index contributed by atoms with van der Waals surface area (Å²) in [4.78, 5) is 13.6. The van der Waals surface area contributed by atoms with Crippen LogP contribution in [-0.2, 0) is 9.47 Å². The van der Waals surface area contributed by atoms with E-state index in [1.54, 1.807) is 11.9 Å². The minimum absolute atomic E-state index is 0.0161. The van der Waals surface area contributed by atoms with Gasteiger partial charge in [-0.1, -0.05) is 12.8 Å². The lowest BCUT2D eigenvalue weighted by atomic mass is 10.1. The van der Waals surface area contributed by atoms with Crippen LogP contribution in [-0.4, -0.2) is 49.1 Å². The summed E-state index contributed by atoms with van der Waals surface area (Å²) in [5.41, 5.74) is 0. The van der Waals surface area contributed by atoms with E-state index in [-0.39, 0.29) is 24.0 Å². The van der Waals surface area contributed by atoms with Gasteiger partial charge in [0.25, 0.3) is 0 Å². The van der Waals surface area contributed by atoms with Crippen molar-refractivity contribution in [2.75, 3.05) is 20.2 Å². The Hall–Kier alpha value is -0.810. The first kappa shape index (κ1) is 15.6. The van der Waals surface area contributed by atoms with Crippen LogP contribution in [0.1, 0.15) is 52.4 Å². The van der Waals surface area contributed by atoms with Crippen molar-refractivity contribution in [3.05, 3.63) is 0 Å². The number of amides is 2. The minimum atomic E-state index is -0.365. The molecule has 5 heteroatoms. The topological polar surface area (TPSA) is 50.8 Å². The molecule has 0 aromatic heterocycles. The highest BCUT2D eigenvalue weighted by atomic mass is 16.7. The molecule has 2 aliphatic rings. The number of hydrogen-bond donors (Lipinski definition) is 1. The summed E-state index contributed by atoms with van der Waals surface area (Å²) in [5, 5.41) is 2.93. The quantitative estimate of drug-likeness (QED) is 0.866. The smallest absolute Gasteiger partial charge is 0.317 e. The summed E-state index contributed by atoms with van der Waals surface area (Å²) < 4.78 is 12.0. The van der Waals surface area contributed by atoms with Crippen LogP contribution in [0, 0.1) is 0 Å². The van der Waals surface area contributed by atoms with Crippen LogP contribution in [0.5, 0.6) is 0 Å². The number of nitrogens with one attached hydrogen (secondary N) is 1. The third-order valence-corrected chi connectivity index (χ3v) is 4.35. The maximum absolute atomic E-state index is 11.9. The summed E-state index contributed by atoms with van der Waals surface area (Å²) >= 11 is 0. The molecular weight excluding hydrogens is 256 g/mol. The van der Waals surface area contributed by atoms with E-state index in [4.69, 9.17) is 9.47 Å². The van der Waals surface area contributed by atoms with E-state index < -0.39 is 0 Å². The molecule has 0 aromatic rings. The van der Waals surface area contributed by atoms with E-state index in [9.17, 15) is 4.79 Å². The molecule has 1 heterocycles. The lowest BCUT2D eigenvalue weighted by Crippen LogP contribution is -2.44. The molecule has 2 rings (SSSR count). The van der Waals surface area contributed by atoms with Gasteiger partial charge in [-0.15, -0.1) is 0 Å². The zero-order valence-corrected chi connectivity index (χ0v) is 13.0. The molecule has 1 saturated carbocycles. The van der Waals surface area contributed by atoms with Crippen molar-refractivity contribution >= 4 is 6.03 Å². The number of hydrogen-bond acceptors (Lipinski definition) is 3. The molecule has 1 saturated heterocycles. The van der Waals surface area contributed by atoms with Crippen LogP contribution in [0.3, 0.4) is 0 Å². The van der Waals surface area contributed by atoms with Gasteiger partial charge in [0.1, 0.15) is 6.10 Å². The Bertz CT molecular complexity index is 325. The minimum Gasteiger partial charge on any atom is -0.347 e. The number of rotatable bonds is 3. The van der Waals surface area contributed by atoms with Gasteiger partial charge < -0.3 is 19.7 Å². The van der Waals surface area contributed by atoms with E-state index in [0.29, 0.717) is 13.2 Å². The summed E-state index contributed by atoms with van der Waals surface area (Å²) in [5.74, 6) is -0.365. The van der Waals surface area contributed by atoms with Crippen molar-refractivity contribution in [1.82, 2.24) is 10.2 Å². The molecule has 20 heavy (non-hydrogen) atoms. The predicted molar refractivity (Wildman–Crippen MR) is 77.6 cm³/mol. The normalized spacial score (nSPS) is 25.7. The van der Waals surface area contributed by atoms with E-state index in [1.165, 1.54) is 25.7 Å². The van der Waals surface area contributed by atoms with Crippen LogP contribution >= 0.6 is 0 Å². The van der Waals surface area contributed by atoms with Crippen LogP contribution in [0.15, 0.2) is 0 Å². The fourth-order valence-corrected chi connectivity index (χ4v) is 2.81. The van der Waals surface area contributed by atoms with Crippen LogP contribution in [0.2, 0.25) is 0 Å². The molecule has 116 valence electrons. The molecule has 1 unspecified atom stereocenters. The van der Waals surface area contributed by atoms with Crippen molar-refractivity contribution in [3.63, 3.8) is 0 Å². The first-order valence-electron chi connectivity index (χ1n) is 7.85. The Morgan fingerprint density at radius 1 is 1.30 bits per heavy atom.